The highest BCUT2D eigenvalue weighted by Crippen LogP contribution is 2.33. The van der Waals surface area contributed by atoms with Crippen LogP contribution in [0.25, 0.3) is 10.9 Å². The lowest BCUT2D eigenvalue weighted by Gasteiger charge is -2.28. The van der Waals surface area contributed by atoms with E-state index in [4.69, 9.17) is 14.2 Å². The quantitative estimate of drug-likeness (QED) is 0.324. The molecule has 0 atom stereocenters. The van der Waals surface area contributed by atoms with Crippen molar-refractivity contribution in [2.75, 3.05) is 57.0 Å². The highest BCUT2D eigenvalue weighted by atomic mass is 19.1. The summed E-state index contributed by atoms with van der Waals surface area (Å²) in [5, 5.41) is 5.08. The number of hydrazone groups is 1. The van der Waals surface area contributed by atoms with Gasteiger partial charge in [-0.05, 0) is 6.07 Å². The number of morpholine rings is 1. The van der Waals surface area contributed by atoms with Gasteiger partial charge in [-0.25, -0.2) is 4.98 Å². The first-order valence-electron chi connectivity index (χ1n) is 9.87. The predicted molar refractivity (Wildman–Crippen MR) is 114 cm³/mol. The van der Waals surface area contributed by atoms with Gasteiger partial charge >= 0.3 is 0 Å². The summed E-state index contributed by atoms with van der Waals surface area (Å²) in [6, 6.07) is 7.73. The van der Waals surface area contributed by atoms with Gasteiger partial charge in [-0.3, -0.25) is 5.43 Å². The van der Waals surface area contributed by atoms with Gasteiger partial charge in [-0.15, -0.1) is 0 Å². The number of benzene rings is 1. The van der Waals surface area contributed by atoms with Gasteiger partial charge in [0.25, 0.3) is 0 Å². The first-order chi connectivity index (χ1) is 15.2. The van der Waals surface area contributed by atoms with E-state index in [-0.39, 0.29) is 24.8 Å². The molecule has 0 unspecified atom stereocenters. The average molecular weight is 431 g/mol. The lowest BCUT2D eigenvalue weighted by molar-refractivity contribution is 0.121. The molecule has 2 N–H and O–H groups in total. The van der Waals surface area contributed by atoms with E-state index in [2.05, 4.69) is 20.5 Å². The van der Waals surface area contributed by atoms with E-state index in [1.165, 1.54) is 7.11 Å². The lowest BCUT2D eigenvalue weighted by Crippen LogP contribution is -2.37. The smallest absolute Gasteiger partial charge is 0.212 e. The summed E-state index contributed by atoms with van der Waals surface area (Å²) in [5.74, 6) is -2.57. The largest absolute Gasteiger partial charge is 0.485 e. The Hall–Kier alpha value is -3.24. The Kier molecular flexibility index (Phi) is 6.58. The number of H-pyrrole nitrogens is 1. The molecule has 3 aromatic rings. The summed E-state index contributed by atoms with van der Waals surface area (Å²) in [5.41, 5.74) is 4.36. The van der Waals surface area contributed by atoms with Crippen molar-refractivity contribution in [2.24, 2.45) is 5.10 Å². The zero-order chi connectivity index (χ0) is 21.6. The maximum atomic E-state index is 15.0. The Morgan fingerprint density at radius 3 is 2.84 bits per heavy atom. The molecule has 0 spiro atoms. The molecule has 2 aromatic heterocycles. The van der Waals surface area contributed by atoms with Crippen molar-refractivity contribution in [2.45, 2.75) is 0 Å². The molecule has 8 nitrogen and oxygen atoms in total. The summed E-state index contributed by atoms with van der Waals surface area (Å²) >= 11 is 0. The van der Waals surface area contributed by atoms with Crippen molar-refractivity contribution >= 4 is 28.8 Å². The number of fused-ring (bicyclic) bond motifs is 1. The molecule has 0 aliphatic carbocycles. The standard InChI is InChI=1S/C21H23F2N5O3/c1-29-10-11-31-19-17(22)20(26-21(18(19)23)28-6-8-30-9-7-28)27-25-13-14-12-24-16-5-3-2-4-15(14)16/h2-5,12-13,24H,6-11H2,1H3,(H,26,27)/b25-13-. The van der Waals surface area contributed by atoms with E-state index in [0.717, 1.165) is 16.5 Å². The maximum Gasteiger partial charge on any atom is 0.212 e. The number of methoxy groups -OCH3 is 1. The molecule has 31 heavy (non-hydrogen) atoms. The molecule has 1 saturated heterocycles. The number of ether oxygens (including phenoxy) is 3. The summed E-state index contributed by atoms with van der Waals surface area (Å²) in [6.07, 6.45) is 3.34. The Morgan fingerprint density at radius 1 is 1.23 bits per heavy atom. The fourth-order valence-corrected chi connectivity index (χ4v) is 3.29. The summed E-state index contributed by atoms with van der Waals surface area (Å²) in [6.45, 7) is 1.92. The van der Waals surface area contributed by atoms with Gasteiger partial charge in [0.15, 0.2) is 17.4 Å². The summed E-state index contributed by atoms with van der Waals surface area (Å²) in [7, 11) is 1.48. The molecule has 1 aromatic carbocycles. The maximum absolute atomic E-state index is 15.0. The van der Waals surface area contributed by atoms with E-state index in [9.17, 15) is 4.39 Å². The van der Waals surface area contributed by atoms with Crippen LogP contribution in [0.15, 0.2) is 35.6 Å². The SMILES string of the molecule is COCCOc1c(F)c(N/N=C\c2c[nH]c3ccccc23)nc(N2CCOCC2)c1F. The first-order valence-corrected chi connectivity index (χ1v) is 9.87. The molecule has 0 radical (unpaired) electrons. The van der Waals surface area contributed by atoms with E-state index in [1.54, 1.807) is 17.3 Å². The molecule has 0 amide bonds. The van der Waals surface area contributed by atoms with Crippen LogP contribution in [0.5, 0.6) is 5.75 Å². The van der Waals surface area contributed by atoms with Gasteiger partial charge in [0.2, 0.25) is 11.6 Å². The number of hydrogen-bond donors (Lipinski definition) is 2. The fraction of sp³-hybridized carbons (Fsp3) is 0.333. The predicted octanol–water partition coefficient (Wildman–Crippen LogP) is 3.15. The second-order valence-corrected chi connectivity index (χ2v) is 6.84. The number of nitrogens with zero attached hydrogens (tertiary/aromatic N) is 3. The number of aromatic amines is 1. The minimum absolute atomic E-state index is 0.00501. The van der Waals surface area contributed by atoms with Crippen molar-refractivity contribution in [3.8, 4) is 5.75 Å². The van der Waals surface area contributed by atoms with Crippen molar-refractivity contribution in [1.29, 1.82) is 0 Å². The number of para-hydroxylation sites is 1. The molecule has 0 bridgehead atoms. The number of aromatic nitrogens is 2. The number of anilines is 2. The molecule has 1 aliphatic rings. The number of nitrogens with one attached hydrogen (secondary N) is 2. The molecule has 10 heteroatoms. The van der Waals surface area contributed by atoms with Gasteiger partial charge in [0, 0.05) is 42.9 Å². The van der Waals surface area contributed by atoms with Crippen LogP contribution >= 0.6 is 0 Å². The van der Waals surface area contributed by atoms with Crippen molar-refractivity contribution < 1.29 is 23.0 Å². The van der Waals surface area contributed by atoms with Gasteiger partial charge in [-0.2, -0.15) is 13.9 Å². The van der Waals surface area contributed by atoms with Crippen LogP contribution in [0.2, 0.25) is 0 Å². The van der Waals surface area contributed by atoms with Gasteiger partial charge in [0.1, 0.15) is 6.61 Å². The van der Waals surface area contributed by atoms with Crippen LogP contribution in [-0.4, -0.2) is 62.8 Å². The number of rotatable bonds is 8. The monoisotopic (exact) mass is 431 g/mol. The average Bonchev–Trinajstić information content (AvgIpc) is 3.21. The van der Waals surface area contributed by atoms with E-state index >= 15 is 4.39 Å². The highest BCUT2D eigenvalue weighted by Gasteiger charge is 2.26. The second-order valence-electron chi connectivity index (χ2n) is 6.84. The first kappa shape index (κ1) is 21.0. The normalized spacial score (nSPS) is 14.5. The molecule has 1 fully saturated rings. The lowest BCUT2D eigenvalue weighted by atomic mass is 10.2. The Bertz CT molecular complexity index is 1070. The molecule has 1 aliphatic heterocycles. The molecule has 164 valence electrons. The Morgan fingerprint density at radius 2 is 2.03 bits per heavy atom. The van der Waals surface area contributed by atoms with E-state index in [1.807, 2.05) is 24.3 Å². The van der Waals surface area contributed by atoms with Gasteiger partial charge in [0.05, 0.1) is 26.0 Å². The Balaban J connectivity index is 1.62. The molecule has 3 heterocycles. The van der Waals surface area contributed by atoms with Crippen LogP contribution in [0.4, 0.5) is 20.4 Å². The third kappa shape index (κ3) is 4.59. The van der Waals surface area contributed by atoms with Crippen LogP contribution in [-0.2, 0) is 9.47 Å². The zero-order valence-corrected chi connectivity index (χ0v) is 17.0. The molecular formula is C21H23F2N5O3. The summed E-state index contributed by atoms with van der Waals surface area (Å²) in [4.78, 5) is 8.97. The third-order valence-electron chi connectivity index (χ3n) is 4.86. The highest BCUT2D eigenvalue weighted by molar-refractivity contribution is 5.99. The number of pyridine rings is 1. The van der Waals surface area contributed by atoms with E-state index < -0.39 is 17.4 Å². The number of hydrogen-bond acceptors (Lipinski definition) is 7. The van der Waals surface area contributed by atoms with Crippen LogP contribution in [0.3, 0.4) is 0 Å². The zero-order valence-electron chi connectivity index (χ0n) is 17.0. The molecular weight excluding hydrogens is 408 g/mol. The second kappa shape index (κ2) is 9.71. The molecule has 4 rings (SSSR count). The van der Waals surface area contributed by atoms with E-state index in [0.29, 0.717) is 26.3 Å². The summed E-state index contributed by atoms with van der Waals surface area (Å²) < 4.78 is 45.5. The van der Waals surface area contributed by atoms with Crippen molar-refractivity contribution in [1.82, 2.24) is 9.97 Å². The minimum atomic E-state index is -0.957. The van der Waals surface area contributed by atoms with Crippen molar-refractivity contribution in [3.05, 3.63) is 47.7 Å². The minimum Gasteiger partial charge on any atom is -0.485 e. The third-order valence-corrected chi connectivity index (χ3v) is 4.86. The molecule has 0 saturated carbocycles. The van der Waals surface area contributed by atoms with Crippen LogP contribution < -0.4 is 15.1 Å². The van der Waals surface area contributed by atoms with Gasteiger partial charge < -0.3 is 24.1 Å². The van der Waals surface area contributed by atoms with Crippen LogP contribution in [0.1, 0.15) is 5.56 Å². The van der Waals surface area contributed by atoms with Crippen molar-refractivity contribution in [3.63, 3.8) is 0 Å². The van der Waals surface area contributed by atoms with Gasteiger partial charge in [-0.1, -0.05) is 18.2 Å². The topological polar surface area (TPSA) is 84.0 Å². The fourth-order valence-electron chi connectivity index (χ4n) is 3.29. The van der Waals surface area contributed by atoms with Crippen LogP contribution in [0, 0.1) is 11.6 Å². The number of halogens is 2. The Labute approximate surface area is 177 Å².